The molecule has 0 fully saturated rings. The van der Waals surface area contributed by atoms with E-state index in [2.05, 4.69) is 56.6 Å². The van der Waals surface area contributed by atoms with Gasteiger partial charge in [-0.1, -0.05) is 43.0 Å². The van der Waals surface area contributed by atoms with E-state index in [-0.39, 0.29) is 5.41 Å². The molecular formula is C19H25NO. The summed E-state index contributed by atoms with van der Waals surface area (Å²) in [5.74, 6) is 6.27. The summed E-state index contributed by atoms with van der Waals surface area (Å²) in [6.07, 6.45) is 4.91. The Labute approximate surface area is 128 Å². The molecule has 0 atom stereocenters. The minimum Gasteiger partial charge on any atom is -0.298 e. The highest BCUT2D eigenvalue weighted by atomic mass is 16.1. The van der Waals surface area contributed by atoms with Gasteiger partial charge < -0.3 is 0 Å². The molecule has 0 aromatic heterocycles. The van der Waals surface area contributed by atoms with Crippen LogP contribution in [-0.2, 0) is 6.54 Å². The van der Waals surface area contributed by atoms with E-state index in [0.29, 0.717) is 0 Å². The highest BCUT2D eigenvalue weighted by Gasteiger charge is 2.03. The lowest BCUT2D eigenvalue weighted by Crippen LogP contribution is -2.22. The molecule has 0 N–H and O–H groups in total. The number of likely N-dealkylation sites (N-methyl/N-ethyl adjacent to an activating group) is 1. The maximum atomic E-state index is 10.8. The van der Waals surface area contributed by atoms with E-state index in [1.807, 2.05) is 24.3 Å². The molecule has 0 heterocycles. The van der Waals surface area contributed by atoms with Crippen molar-refractivity contribution in [3.8, 4) is 11.8 Å². The lowest BCUT2D eigenvalue weighted by Gasteiger charge is -2.18. The third-order valence-electron chi connectivity index (χ3n) is 2.95. The summed E-state index contributed by atoms with van der Waals surface area (Å²) >= 11 is 0. The van der Waals surface area contributed by atoms with Gasteiger partial charge in [0.15, 0.2) is 0 Å². The molecular weight excluding hydrogens is 258 g/mol. The molecule has 1 aromatic carbocycles. The van der Waals surface area contributed by atoms with E-state index < -0.39 is 0 Å². The number of hydrogen-bond acceptors (Lipinski definition) is 2. The smallest absolute Gasteiger partial charge is 0.150 e. The van der Waals surface area contributed by atoms with Crippen LogP contribution in [0.3, 0.4) is 0 Å². The normalized spacial score (nSPS) is 11.5. The van der Waals surface area contributed by atoms with E-state index in [1.54, 1.807) is 0 Å². The Morgan fingerprint density at radius 2 is 2.05 bits per heavy atom. The second-order valence-electron chi connectivity index (χ2n) is 6.11. The Morgan fingerprint density at radius 1 is 1.29 bits per heavy atom. The highest BCUT2D eigenvalue weighted by Crippen LogP contribution is 2.09. The zero-order valence-electron chi connectivity index (χ0n) is 13.5. The van der Waals surface area contributed by atoms with Gasteiger partial charge in [0.2, 0.25) is 0 Å². The number of aldehydes is 1. The third kappa shape index (κ3) is 7.48. The van der Waals surface area contributed by atoms with Crippen molar-refractivity contribution in [1.82, 2.24) is 4.90 Å². The second-order valence-corrected chi connectivity index (χ2v) is 6.11. The van der Waals surface area contributed by atoms with E-state index in [1.165, 1.54) is 0 Å². The monoisotopic (exact) mass is 283 g/mol. The molecule has 0 saturated carbocycles. The quantitative estimate of drug-likeness (QED) is 0.582. The Morgan fingerprint density at radius 3 is 2.67 bits per heavy atom. The summed E-state index contributed by atoms with van der Waals surface area (Å²) in [6.45, 7) is 11.1. The van der Waals surface area contributed by atoms with E-state index in [9.17, 15) is 4.79 Å². The average molecular weight is 283 g/mol. The zero-order valence-corrected chi connectivity index (χ0v) is 13.5. The standard InChI is InChI=1S/C19H25NO/c1-5-20(13-8-6-7-12-19(2,3)4)15-17-10-9-11-18(14-17)16-21/h6,8-11,14,16H,5,13,15H2,1-4H3. The lowest BCUT2D eigenvalue weighted by atomic mass is 9.98. The SMILES string of the molecule is CCN(CC=CC#CC(C)(C)C)Cc1cccc(C=O)c1. The number of hydrogen-bond donors (Lipinski definition) is 0. The molecule has 0 saturated heterocycles. The first-order valence-electron chi connectivity index (χ1n) is 7.39. The van der Waals surface area contributed by atoms with Crippen molar-refractivity contribution in [3.63, 3.8) is 0 Å². The number of benzene rings is 1. The van der Waals surface area contributed by atoms with E-state index in [0.717, 1.165) is 37.0 Å². The van der Waals surface area contributed by atoms with Gasteiger partial charge >= 0.3 is 0 Å². The van der Waals surface area contributed by atoms with Crippen molar-refractivity contribution < 1.29 is 4.79 Å². The van der Waals surface area contributed by atoms with Crippen LogP contribution in [-0.4, -0.2) is 24.3 Å². The molecule has 21 heavy (non-hydrogen) atoms. The van der Waals surface area contributed by atoms with Crippen molar-refractivity contribution in [3.05, 3.63) is 47.5 Å². The highest BCUT2D eigenvalue weighted by molar-refractivity contribution is 5.74. The maximum Gasteiger partial charge on any atom is 0.150 e. The van der Waals surface area contributed by atoms with E-state index in [4.69, 9.17) is 0 Å². The van der Waals surface area contributed by atoms with Crippen LogP contribution in [0.1, 0.15) is 43.6 Å². The summed E-state index contributed by atoms with van der Waals surface area (Å²) < 4.78 is 0. The van der Waals surface area contributed by atoms with Gasteiger partial charge in [-0.25, -0.2) is 0 Å². The Balaban J connectivity index is 2.56. The summed E-state index contributed by atoms with van der Waals surface area (Å²) in [5, 5.41) is 0. The van der Waals surface area contributed by atoms with Gasteiger partial charge in [0.25, 0.3) is 0 Å². The van der Waals surface area contributed by atoms with Crippen molar-refractivity contribution >= 4 is 6.29 Å². The van der Waals surface area contributed by atoms with Crippen LogP contribution in [0.25, 0.3) is 0 Å². The predicted molar refractivity (Wildman–Crippen MR) is 89.2 cm³/mol. The molecule has 0 spiro atoms. The fourth-order valence-electron chi connectivity index (χ4n) is 1.85. The number of allylic oxidation sites excluding steroid dienone is 1. The van der Waals surface area contributed by atoms with Crippen LogP contribution in [0.15, 0.2) is 36.4 Å². The van der Waals surface area contributed by atoms with Crippen molar-refractivity contribution in [1.29, 1.82) is 0 Å². The molecule has 112 valence electrons. The fraction of sp³-hybridized carbons (Fsp3) is 0.421. The largest absolute Gasteiger partial charge is 0.298 e. The summed E-state index contributed by atoms with van der Waals surface area (Å²) in [5.41, 5.74) is 1.94. The average Bonchev–Trinajstić information content (AvgIpc) is 2.44. The van der Waals surface area contributed by atoms with Gasteiger partial charge in [0, 0.05) is 24.1 Å². The molecule has 0 unspecified atom stereocenters. The second kappa shape index (κ2) is 8.44. The van der Waals surface area contributed by atoms with Gasteiger partial charge in [-0.05, 0) is 45.0 Å². The minimum absolute atomic E-state index is 0.0457. The molecule has 0 aliphatic heterocycles. The minimum atomic E-state index is 0.0457. The molecule has 0 radical (unpaired) electrons. The van der Waals surface area contributed by atoms with Crippen LogP contribution in [0.4, 0.5) is 0 Å². The molecule has 0 amide bonds. The summed E-state index contributed by atoms with van der Waals surface area (Å²) in [7, 11) is 0. The first-order valence-corrected chi connectivity index (χ1v) is 7.39. The summed E-state index contributed by atoms with van der Waals surface area (Å²) in [4.78, 5) is 13.1. The van der Waals surface area contributed by atoms with Crippen LogP contribution < -0.4 is 0 Å². The van der Waals surface area contributed by atoms with Gasteiger partial charge in [-0.3, -0.25) is 9.69 Å². The predicted octanol–water partition coefficient (Wildman–Crippen LogP) is 3.93. The van der Waals surface area contributed by atoms with E-state index >= 15 is 0 Å². The fourth-order valence-corrected chi connectivity index (χ4v) is 1.85. The van der Waals surface area contributed by atoms with Gasteiger partial charge in [0.05, 0.1) is 0 Å². The van der Waals surface area contributed by atoms with Crippen molar-refractivity contribution in [2.24, 2.45) is 5.41 Å². The number of carbonyl (C=O) groups is 1. The molecule has 2 nitrogen and oxygen atoms in total. The number of nitrogens with zero attached hydrogens (tertiary/aromatic N) is 1. The van der Waals surface area contributed by atoms with Crippen molar-refractivity contribution in [2.75, 3.05) is 13.1 Å². The van der Waals surface area contributed by atoms with Gasteiger partial charge in [-0.2, -0.15) is 0 Å². The molecule has 0 bridgehead atoms. The van der Waals surface area contributed by atoms with Crippen LogP contribution in [0, 0.1) is 17.3 Å². The molecule has 1 rings (SSSR count). The summed E-state index contributed by atoms with van der Waals surface area (Å²) in [6, 6.07) is 7.75. The molecule has 2 heteroatoms. The Bertz CT molecular complexity index is 541. The van der Waals surface area contributed by atoms with Gasteiger partial charge in [0.1, 0.15) is 6.29 Å². The maximum absolute atomic E-state index is 10.8. The number of carbonyl (C=O) groups excluding carboxylic acids is 1. The third-order valence-corrected chi connectivity index (χ3v) is 2.95. The van der Waals surface area contributed by atoms with Crippen LogP contribution in [0.5, 0.6) is 0 Å². The zero-order chi connectivity index (χ0) is 15.7. The lowest BCUT2D eigenvalue weighted by molar-refractivity contribution is 0.112. The molecule has 0 aliphatic rings. The van der Waals surface area contributed by atoms with Crippen LogP contribution >= 0.6 is 0 Å². The first-order chi connectivity index (χ1) is 9.94. The molecule has 0 aliphatic carbocycles. The molecule has 1 aromatic rings. The Hall–Kier alpha value is -1.85. The van der Waals surface area contributed by atoms with Crippen molar-refractivity contribution in [2.45, 2.75) is 34.2 Å². The van der Waals surface area contributed by atoms with Crippen LogP contribution in [0.2, 0.25) is 0 Å². The first kappa shape index (κ1) is 17.2. The Kier molecular flexibility index (Phi) is 6.91. The number of rotatable bonds is 6. The van der Waals surface area contributed by atoms with Gasteiger partial charge in [-0.15, -0.1) is 0 Å². The topological polar surface area (TPSA) is 20.3 Å².